The van der Waals surface area contributed by atoms with Crippen molar-refractivity contribution in [2.45, 2.75) is 68.2 Å². The van der Waals surface area contributed by atoms with Crippen LogP contribution in [0, 0.1) is 22.2 Å². The second-order valence-corrected chi connectivity index (χ2v) is 13.3. The first-order chi connectivity index (χ1) is 19.9. The minimum absolute atomic E-state index is 0.00209. The topological polar surface area (TPSA) is 75.0 Å². The van der Waals surface area contributed by atoms with Crippen LogP contribution in [-0.2, 0) is 27.9 Å². The van der Waals surface area contributed by atoms with E-state index in [0.29, 0.717) is 6.54 Å². The van der Waals surface area contributed by atoms with Crippen molar-refractivity contribution in [2.75, 3.05) is 34.4 Å². The zero-order chi connectivity index (χ0) is 28.2. The Morgan fingerprint density at radius 2 is 1.93 bits per heavy atom. The van der Waals surface area contributed by atoms with Gasteiger partial charge in [0.25, 0.3) is 5.91 Å². The highest BCUT2D eigenvalue weighted by molar-refractivity contribution is 5.97. The molecule has 4 bridgehead atoms. The standard InChI is InChI=1S/C34H37N3O4/c1-36(19-22-7-5-4-6-8-22)29(38)24-18-32-13-14-34(24,40-3)30-33(32)15-16-37(21-31(20-35)11-12-31)26(32)17-23-9-10-25(39-2)28(41-30)27(23)33/h4-10,18,26,30H,11-17,19,21H2,1-3H3/t26-,30-,32-,33+,34-/m1/s1. The fraction of sp³-hybridized carbons (Fsp3) is 0.529. The third-order valence-corrected chi connectivity index (χ3v) is 11.6. The number of carbonyl (C=O) groups excluding carboxylic acids is 1. The Labute approximate surface area is 241 Å². The molecule has 3 fully saturated rings. The molecule has 2 aromatic rings. The monoisotopic (exact) mass is 551 g/mol. The van der Waals surface area contributed by atoms with E-state index in [2.05, 4.69) is 35.2 Å². The van der Waals surface area contributed by atoms with Gasteiger partial charge in [0, 0.05) is 49.8 Å². The Balaban J connectivity index is 1.30. The van der Waals surface area contributed by atoms with Gasteiger partial charge < -0.3 is 19.1 Å². The maximum absolute atomic E-state index is 14.4. The number of methoxy groups -OCH3 is 2. The summed E-state index contributed by atoms with van der Waals surface area (Å²) in [4.78, 5) is 18.9. The van der Waals surface area contributed by atoms with Crippen LogP contribution in [-0.4, -0.2) is 67.8 Å². The van der Waals surface area contributed by atoms with E-state index < -0.39 is 5.60 Å². The molecule has 2 aromatic carbocycles. The minimum Gasteiger partial charge on any atom is -0.493 e. The highest BCUT2D eigenvalue weighted by Crippen LogP contribution is 2.75. The highest BCUT2D eigenvalue weighted by Gasteiger charge is 2.79. The normalized spacial score (nSPS) is 34.6. The molecule has 7 nitrogen and oxygen atoms in total. The molecular weight excluding hydrogens is 514 g/mol. The third-order valence-electron chi connectivity index (χ3n) is 11.6. The number of hydrogen-bond acceptors (Lipinski definition) is 6. The van der Waals surface area contributed by atoms with Crippen molar-refractivity contribution in [1.29, 1.82) is 5.26 Å². The summed E-state index contributed by atoms with van der Waals surface area (Å²) in [5.41, 5.74) is 2.75. The Morgan fingerprint density at radius 3 is 2.63 bits per heavy atom. The quantitative estimate of drug-likeness (QED) is 0.508. The number of fused-ring (bicyclic) bond motifs is 1. The van der Waals surface area contributed by atoms with E-state index in [4.69, 9.17) is 14.2 Å². The smallest absolute Gasteiger partial charge is 0.252 e. The molecule has 0 aromatic heterocycles. The number of likely N-dealkylation sites (N-methyl/N-ethyl adjacent to an activating group) is 1. The summed E-state index contributed by atoms with van der Waals surface area (Å²) in [6, 6.07) is 17.2. The van der Waals surface area contributed by atoms with E-state index in [-0.39, 0.29) is 34.3 Å². The summed E-state index contributed by atoms with van der Waals surface area (Å²) in [5, 5.41) is 10.0. The number of rotatable bonds is 7. The van der Waals surface area contributed by atoms with Crippen LogP contribution >= 0.6 is 0 Å². The molecule has 0 radical (unpaired) electrons. The molecule has 0 N–H and O–H groups in total. The van der Waals surface area contributed by atoms with Crippen molar-refractivity contribution < 1.29 is 19.0 Å². The van der Waals surface area contributed by atoms with Crippen LogP contribution in [0.25, 0.3) is 0 Å². The lowest BCUT2D eigenvalue weighted by molar-refractivity contribution is -0.198. The number of ether oxygens (including phenoxy) is 3. The first-order valence-corrected chi connectivity index (χ1v) is 15.0. The van der Waals surface area contributed by atoms with Crippen molar-refractivity contribution >= 4 is 5.91 Å². The van der Waals surface area contributed by atoms with Crippen LogP contribution < -0.4 is 9.47 Å². The molecular formula is C34H37N3O4. The molecule has 9 rings (SSSR count). The van der Waals surface area contributed by atoms with Crippen LogP contribution in [0.5, 0.6) is 11.5 Å². The zero-order valence-electron chi connectivity index (χ0n) is 24.1. The minimum atomic E-state index is -0.848. The van der Waals surface area contributed by atoms with Gasteiger partial charge in [-0.25, -0.2) is 0 Å². The van der Waals surface area contributed by atoms with Gasteiger partial charge in [0.1, 0.15) is 11.7 Å². The lowest BCUT2D eigenvalue weighted by Gasteiger charge is -2.70. The van der Waals surface area contributed by atoms with Gasteiger partial charge >= 0.3 is 0 Å². The summed E-state index contributed by atoms with van der Waals surface area (Å²) < 4.78 is 19.4. The number of amides is 1. The maximum atomic E-state index is 14.4. The predicted molar refractivity (Wildman–Crippen MR) is 152 cm³/mol. The lowest BCUT2D eigenvalue weighted by atomic mass is 9.37. The van der Waals surface area contributed by atoms with Gasteiger partial charge in [-0.15, -0.1) is 0 Å². The largest absolute Gasteiger partial charge is 0.493 e. The van der Waals surface area contributed by atoms with Crippen LogP contribution in [0.1, 0.15) is 48.8 Å². The maximum Gasteiger partial charge on any atom is 0.252 e. The first-order valence-electron chi connectivity index (χ1n) is 15.0. The number of hydrogen-bond donors (Lipinski definition) is 0. The molecule has 1 amide bonds. The Hall–Kier alpha value is -3.34. The van der Waals surface area contributed by atoms with Crippen molar-refractivity contribution in [3.05, 3.63) is 70.8 Å². The third kappa shape index (κ3) is 3.02. The summed E-state index contributed by atoms with van der Waals surface area (Å²) >= 11 is 0. The number of nitriles is 1. The molecule has 0 unspecified atom stereocenters. The summed E-state index contributed by atoms with van der Waals surface area (Å²) in [6.45, 7) is 2.24. The fourth-order valence-electron chi connectivity index (χ4n) is 9.56. The van der Waals surface area contributed by atoms with E-state index in [1.807, 2.05) is 36.2 Å². The van der Waals surface area contributed by atoms with Crippen molar-refractivity contribution in [3.8, 4) is 17.6 Å². The molecule has 212 valence electrons. The number of carbonyl (C=O) groups is 1. The van der Waals surface area contributed by atoms with Crippen LogP contribution in [0.2, 0.25) is 0 Å². The summed E-state index contributed by atoms with van der Waals surface area (Å²) in [7, 11) is 5.34. The van der Waals surface area contributed by atoms with Crippen molar-refractivity contribution in [1.82, 2.24) is 9.80 Å². The zero-order valence-corrected chi connectivity index (χ0v) is 24.1. The second kappa shape index (κ2) is 8.36. The lowest BCUT2D eigenvalue weighted by Crippen LogP contribution is -2.78. The molecule has 41 heavy (non-hydrogen) atoms. The van der Waals surface area contributed by atoms with Crippen LogP contribution in [0.3, 0.4) is 0 Å². The first kappa shape index (κ1) is 25.4. The number of likely N-dealkylation sites (tertiary alicyclic amines) is 1. The van der Waals surface area contributed by atoms with Gasteiger partial charge in [-0.3, -0.25) is 9.69 Å². The molecule has 2 heterocycles. The molecule has 2 saturated carbocycles. The van der Waals surface area contributed by atoms with Gasteiger partial charge in [-0.05, 0) is 62.3 Å². The van der Waals surface area contributed by atoms with Crippen molar-refractivity contribution in [2.24, 2.45) is 10.8 Å². The number of benzene rings is 2. The highest BCUT2D eigenvalue weighted by atomic mass is 16.6. The SMILES string of the molecule is COc1ccc2c3c1O[C@@H]1[C@]34CCN(CC3(C#N)CC3)[C@H](C2)[C@@]42C=C(C(=O)N(C)Cc3ccccc3)[C@]1(OC)CC2. The van der Waals surface area contributed by atoms with Crippen molar-refractivity contribution in [3.63, 3.8) is 0 Å². The van der Waals surface area contributed by atoms with Crippen LogP contribution in [0.4, 0.5) is 0 Å². The van der Waals surface area contributed by atoms with E-state index in [0.717, 1.165) is 74.3 Å². The van der Waals surface area contributed by atoms with Gasteiger partial charge in [0.05, 0.1) is 24.0 Å². The molecule has 5 aliphatic carbocycles. The molecule has 1 saturated heterocycles. The van der Waals surface area contributed by atoms with E-state index in [9.17, 15) is 10.1 Å². The summed E-state index contributed by atoms with van der Waals surface area (Å²) in [5.74, 6) is 1.59. The van der Waals surface area contributed by atoms with E-state index in [1.165, 1.54) is 11.1 Å². The number of nitrogens with zero attached hydrogens (tertiary/aromatic N) is 3. The molecule has 5 atom stereocenters. The van der Waals surface area contributed by atoms with Gasteiger partial charge in [0.2, 0.25) is 0 Å². The predicted octanol–water partition coefficient (Wildman–Crippen LogP) is 4.39. The molecule has 7 heteroatoms. The van der Waals surface area contributed by atoms with Gasteiger partial charge in [0.15, 0.2) is 11.5 Å². The summed E-state index contributed by atoms with van der Waals surface area (Å²) in [6.07, 6.45) is 7.42. The molecule has 2 spiro atoms. The average Bonchev–Trinajstić information content (AvgIpc) is 3.68. The second-order valence-electron chi connectivity index (χ2n) is 13.3. The van der Waals surface area contributed by atoms with Crippen LogP contribution in [0.15, 0.2) is 54.1 Å². The molecule has 2 aliphatic heterocycles. The molecule has 7 aliphatic rings. The van der Waals surface area contributed by atoms with E-state index in [1.54, 1.807) is 14.2 Å². The van der Waals surface area contributed by atoms with Gasteiger partial charge in [-0.1, -0.05) is 42.5 Å². The Kier molecular flexibility index (Phi) is 5.18. The Bertz CT molecular complexity index is 1530. The fourth-order valence-corrected chi connectivity index (χ4v) is 9.56. The Morgan fingerprint density at radius 1 is 1.12 bits per heavy atom. The number of piperidine rings is 1. The van der Waals surface area contributed by atoms with Gasteiger partial charge in [-0.2, -0.15) is 5.26 Å². The van der Waals surface area contributed by atoms with E-state index >= 15 is 0 Å². The average molecular weight is 552 g/mol.